The summed E-state index contributed by atoms with van der Waals surface area (Å²) in [4.78, 5) is 15.0. The fraction of sp³-hybridized carbons (Fsp3) is 0.200. The van der Waals surface area contributed by atoms with Crippen LogP contribution in [0.1, 0.15) is 18.9 Å². The van der Waals surface area contributed by atoms with Crippen molar-refractivity contribution in [2.75, 3.05) is 18.6 Å². The SMILES string of the molecule is CCCOc1ccc(Br)cc1/C=C1/SC(=S)N(c2ccc(OC)c(Cl)c2)C1=O. The molecule has 1 aliphatic rings. The van der Waals surface area contributed by atoms with Crippen LogP contribution in [0.4, 0.5) is 5.69 Å². The molecule has 0 aliphatic carbocycles. The lowest BCUT2D eigenvalue weighted by Crippen LogP contribution is -2.27. The van der Waals surface area contributed by atoms with E-state index in [0.717, 1.165) is 22.2 Å². The lowest BCUT2D eigenvalue weighted by Gasteiger charge is -2.15. The third-order valence-corrected chi connectivity index (χ3v) is 6.00. The lowest BCUT2D eigenvalue weighted by molar-refractivity contribution is -0.113. The van der Waals surface area contributed by atoms with Gasteiger partial charge in [-0.3, -0.25) is 9.69 Å². The minimum Gasteiger partial charge on any atom is -0.495 e. The van der Waals surface area contributed by atoms with Crippen LogP contribution in [0, 0.1) is 0 Å². The molecule has 0 bridgehead atoms. The lowest BCUT2D eigenvalue weighted by atomic mass is 10.2. The van der Waals surface area contributed by atoms with Gasteiger partial charge in [0.25, 0.3) is 5.91 Å². The van der Waals surface area contributed by atoms with Gasteiger partial charge in [-0.05, 0) is 48.9 Å². The number of rotatable bonds is 6. The second-order valence-corrected chi connectivity index (χ2v) is 8.87. The van der Waals surface area contributed by atoms with Crippen molar-refractivity contribution >= 4 is 73.5 Å². The Labute approximate surface area is 187 Å². The summed E-state index contributed by atoms with van der Waals surface area (Å²) in [6, 6.07) is 10.9. The van der Waals surface area contributed by atoms with Gasteiger partial charge in [0.15, 0.2) is 4.32 Å². The Kier molecular flexibility index (Phi) is 7.04. The third kappa shape index (κ3) is 4.54. The molecular weight excluding hydrogens is 482 g/mol. The van der Waals surface area contributed by atoms with Gasteiger partial charge in [-0.1, -0.05) is 58.4 Å². The summed E-state index contributed by atoms with van der Waals surface area (Å²) in [5.74, 6) is 1.07. The van der Waals surface area contributed by atoms with Gasteiger partial charge in [0.05, 0.1) is 29.3 Å². The smallest absolute Gasteiger partial charge is 0.270 e. The average molecular weight is 499 g/mol. The van der Waals surface area contributed by atoms with E-state index >= 15 is 0 Å². The van der Waals surface area contributed by atoms with Crippen LogP contribution in [-0.4, -0.2) is 23.9 Å². The Morgan fingerprint density at radius 2 is 2.00 bits per heavy atom. The van der Waals surface area contributed by atoms with Crippen molar-refractivity contribution in [3.63, 3.8) is 0 Å². The minimum atomic E-state index is -0.197. The molecule has 0 unspecified atom stereocenters. The minimum absolute atomic E-state index is 0.197. The number of anilines is 1. The van der Waals surface area contributed by atoms with E-state index in [-0.39, 0.29) is 5.91 Å². The van der Waals surface area contributed by atoms with Crippen molar-refractivity contribution in [3.8, 4) is 11.5 Å². The molecule has 0 radical (unpaired) electrons. The van der Waals surface area contributed by atoms with Gasteiger partial charge in [0.2, 0.25) is 0 Å². The van der Waals surface area contributed by atoms with E-state index in [9.17, 15) is 4.79 Å². The Morgan fingerprint density at radius 3 is 2.68 bits per heavy atom. The van der Waals surface area contributed by atoms with E-state index < -0.39 is 0 Å². The van der Waals surface area contributed by atoms with Crippen molar-refractivity contribution in [2.45, 2.75) is 13.3 Å². The van der Waals surface area contributed by atoms with E-state index in [1.54, 1.807) is 31.4 Å². The molecule has 0 N–H and O–H groups in total. The molecular formula is C20H17BrClNO3S2. The summed E-state index contributed by atoms with van der Waals surface area (Å²) < 4.78 is 12.3. The fourth-order valence-corrected chi connectivity index (χ4v) is 4.52. The highest BCUT2D eigenvalue weighted by molar-refractivity contribution is 9.10. The highest BCUT2D eigenvalue weighted by atomic mass is 79.9. The number of hydrogen-bond donors (Lipinski definition) is 0. The number of thiocarbonyl (C=S) groups is 1. The van der Waals surface area contributed by atoms with Gasteiger partial charge in [0, 0.05) is 10.0 Å². The highest BCUT2D eigenvalue weighted by Gasteiger charge is 2.33. The van der Waals surface area contributed by atoms with Crippen LogP contribution in [0.2, 0.25) is 5.02 Å². The van der Waals surface area contributed by atoms with Crippen LogP contribution >= 0.6 is 51.5 Å². The molecule has 8 heteroatoms. The Balaban J connectivity index is 1.94. The number of benzene rings is 2. The topological polar surface area (TPSA) is 38.8 Å². The van der Waals surface area contributed by atoms with E-state index in [4.69, 9.17) is 33.3 Å². The number of nitrogens with zero attached hydrogens (tertiary/aromatic N) is 1. The number of carbonyl (C=O) groups excluding carboxylic acids is 1. The van der Waals surface area contributed by atoms with E-state index in [1.165, 1.54) is 16.7 Å². The molecule has 1 aliphatic heterocycles. The fourth-order valence-electron chi connectivity index (χ4n) is 2.60. The molecule has 1 amide bonds. The number of thioether (sulfide) groups is 1. The number of hydrogen-bond acceptors (Lipinski definition) is 5. The number of halogens is 2. The Hall–Kier alpha value is -1.54. The molecule has 28 heavy (non-hydrogen) atoms. The molecule has 2 aromatic rings. The maximum atomic E-state index is 13.0. The second kappa shape index (κ2) is 9.31. The molecule has 1 saturated heterocycles. The maximum absolute atomic E-state index is 13.0. The highest BCUT2D eigenvalue weighted by Crippen LogP contribution is 2.39. The molecule has 146 valence electrons. The first-order valence-corrected chi connectivity index (χ1v) is 10.9. The number of amides is 1. The van der Waals surface area contributed by atoms with Crippen molar-refractivity contribution in [2.24, 2.45) is 0 Å². The maximum Gasteiger partial charge on any atom is 0.270 e. The van der Waals surface area contributed by atoms with Crippen molar-refractivity contribution in [3.05, 3.63) is 56.4 Å². The molecule has 2 aromatic carbocycles. The molecule has 1 heterocycles. The third-order valence-electron chi connectivity index (χ3n) is 3.91. The Bertz CT molecular complexity index is 964. The summed E-state index contributed by atoms with van der Waals surface area (Å²) in [5, 5.41) is 0.417. The number of methoxy groups -OCH3 is 1. The van der Waals surface area contributed by atoms with Gasteiger partial charge < -0.3 is 9.47 Å². The van der Waals surface area contributed by atoms with Crippen molar-refractivity contribution in [1.29, 1.82) is 0 Å². The monoisotopic (exact) mass is 497 g/mol. The summed E-state index contributed by atoms with van der Waals surface area (Å²) >= 11 is 16.4. The zero-order chi connectivity index (χ0) is 20.3. The zero-order valence-electron chi connectivity index (χ0n) is 15.2. The first-order valence-electron chi connectivity index (χ1n) is 8.48. The van der Waals surface area contributed by atoms with Crippen LogP contribution in [0.5, 0.6) is 11.5 Å². The number of carbonyl (C=O) groups is 1. The second-order valence-electron chi connectivity index (χ2n) is 5.87. The van der Waals surface area contributed by atoms with Gasteiger partial charge in [0.1, 0.15) is 11.5 Å². The molecule has 1 fully saturated rings. The summed E-state index contributed by atoms with van der Waals surface area (Å²) in [6.07, 6.45) is 2.70. The van der Waals surface area contributed by atoms with Crippen LogP contribution < -0.4 is 14.4 Å². The van der Waals surface area contributed by atoms with Gasteiger partial charge in [-0.15, -0.1) is 0 Å². The van der Waals surface area contributed by atoms with Gasteiger partial charge in [-0.25, -0.2) is 0 Å². The average Bonchev–Trinajstić information content (AvgIpc) is 2.94. The first kappa shape index (κ1) is 21.2. The standard InChI is InChI=1S/C20H17BrClNO3S2/c1-3-8-26-16-6-4-13(21)9-12(16)10-18-19(24)23(20(27)28-18)14-5-7-17(25-2)15(22)11-14/h4-7,9-11H,3,8H2,1-2H3/b18-10+. The summed E-state index contributed by atoms with van der Waals surface area (Å²) in [7, 11) is 1.54. The van der Waals surface area contributed by atoms with Crippen molar-refractivity contribution < 1.29 is 14.3 Å². The molecule has 0 spiro atoms. The van der Waals surface area contributed by atoms with E-state index in [0.29, 0.717) is 32.3 Å². The predicted molar refractivity (Wildman–Crippen MR) is 124 cm³/mol. The van der Waals surface area contributed by atoms with Crippen LogP contribution in [-0.2, 0) is 4.79 Å². The summed E-state index contributed by atoms with van der Waals surface area (Å²) in [5.41, 5.74) is 1.42. The Morgan fingerprint density at radius 1 is 1.25 bits per heavy atom. The molecule has 0 aromatic heterocycles. The largest absolute Gasteiger partial charge is 0.495 e. The quantitative estimate of drug-likeness (QED) is 0.345. The molecule has 0 atom stereocenters. The predicted octanol–water partition coefficient (Wildman–Crippen LogP) is 6.31. The molecule has 4 nitrogen and oxygen atoms in total. The van der Waals surface area contributed by atoms with Crippen LogP contribution in [0.15, 0.2) is 45.8 Å². The van der Waals surface area contributed by atoms with Gasteiger partial charge >= 0.3 is 0 Å². The van der Waals surface area contributed by atoms with E-state index in [1.807, 2.05) is 25.1 Å². The van der Waals surface area contributed by atoms with E-state index in [2.05, 4.69) is 15.9 Å². The van der Waals surface area contributed by atoms with Gasteiger partial charge in [-0.2, -0.15) is 0 Å². The number of ether oxygens (including phenoxy) is 2. The van der Waals surface area contributed by atoms with Crippen LogP contribution in [0.25, 0.3) is 6.08 Å². The first-order chi connectivity index (χ1) is 13.4. The normalized spacial score (nSPS) is 15.4. The van der Waals surface area contributed by atoms with Crippen molar-refractivity contribution in [1.82, 2.24) is 0 Å². The molecule has 0 saturated carbocycles. The van der Waals surface area contributed by atoms with Crippen LogP contribution in [0.3, 0.4) is 0 Å². The zero-order valence-corrected chi connectivity index (χ0v) is 19.2. The molecule has 3 rings (SSSR count). The summed E-state index contributed by atoms with van der Waals surface area (Å²) in [6.45, 7) is 2.65.